The fourth-order valence-electron chi connectivity index (χ4n) is 1.88. The van der Waals surface area contributed by atoms with E-state index in [-0.39, 0.29) is 10.6 Å². The minimum absolute atomic E-state index is 0.184. The smallest absolute Gasteiger partial charge is 0.303 e. The molecule has 0 saturated heterocycles. The third kappa shape index (κ3) is 2.11. The van der Waals surface area contributed by atoms with Crippen LogP contribution < -0.4 is 10.6 Å². The largest absolute Gasteiger partial charge is 0.307 e. The summed E-state index contributed by atoms with van der Waals surface area (Å²) in [7, 11) is -3.94. The molecule has 0 spiro atoms. The molecule has 0 radical (unpaired) electrons. The molecule has 0 fully saturated rings. The van der Waals surface area contributed by atoms with Crippen LogP contribution in [0.5, 0.6) is 0 Å². The monoisotopic (exact) mass is 266 g/mol. The van der Waals surface area contributed by atoms with E-state index in [0.717, 1.165) is 0 Å². The summed E-state index contributed by atoms with van der Waals surface area (Å²) < 4.78 is 40.6. The molecule has 0 bridgehead atoms. The Bertz CT molecular complexity index is 518. The molecule has 0 aliphatic heterocycles. The Morgan fingerprint density at radius 3 is 1.44 bits per heavy atom. The highest BCUT2D eigenvalue weighted by atomic mass is 31.2. The molecule has 0 saturated carbocycles. The van der Waals surface area contributed by atoms with Crippen LogP contribution >= 0.6 is 7.14 Å². The van der Waals surface area contributed by atoms with E-state index in [0.29, 0.717) is 6.92 Å². The summed E-state index contributed by atoms with van der Waals surface area (Å²) in [5.74, 6) is 0. The minimum Gasteiger partial charge on any atom is -0.307 e. The van der Waals surface area contributed by atoms with Crippen LogP contribution in [-0.2, 0) is 4.57 Å². The standard InChI is InChI=1S/C14H13F2OP/c1-14(15,16)18(17,12-8-4-2-5-9-12)13-10-6-3-7-11-13/h2-11H,1H3. The molecule has 2 rings (SSSR count). The zero-order valence-corrected chi connectivity index (χ0v) is 10.8. The Balaban J connectivity index is 2.68. The van der Waals surface area contributed by atoms with Crippen LogP contribution in [0.3, 0.4) is 0 Å². The van der Waals surface area contributed by atoms with Crippen molar-refractivity contribution in [3.63, 3.8) is 0 Å². The average molecular weight is 266 g/mol. The van der Waals surface area contributed by atoms with Gasteiger partial charge in [-0.2, -0.15) is 8.78 Å². The van der Waals surface area contributed by atoms with Crippen LogP contribution in [0.2, 0.25) is 0 Å². The molecular formula is C14H13F2OP. The summed E-state index contributed by atoms with van der Waals surface area (Å²) in [6.45, 7) is 0.716. The van der Waals surface area contributed by atoms with Gasteiger partial charge < -0.3 is 4.57 Å². The molecule has 0 aliphatic rings. The van der Waals surface area contributed by atoms with Gasteiger partial charge in [-0.1, -0.05) is 60.7 Å². The predicted octanol–water partition coefficient (Wildman–Crippen LogP) is 3.61. The number of hydrogen-bond acceptors (Lipinski definition) is 1. The quantitative estimate of drug-likeness (QED) is 0.775. The molecule has 2 aromatic carbocycles. The highest BCUT2D eigenvalue weighted by Gasteiger charge is 2.48. The molecule has 1 nitrogen and oxygen atoms in total. The number of halogens is 2. The van der Waals surface area contributed by atoms with Crippen LogP contribution in [0.15, 0.2) is 60.7 Å². The first-order valence-corrected chi connectivity index (χ1v) is 7.26. The molecule has 0 amide bonds. The van der Waals surface area contributed by atoms with Crippen molar-refractivity contribution in [3.8, 4) is 0 Å². The maximum Gasteiger partial charge on any atom is 0.303 e. The van der Waals surface area contributed by atoms with Gasteiger partial charge in [-0.05, 0) is 0 Å². The molecule has 0 aromatic heterocycles. The van der Waals surface area contributed by atoms with Gasteiger partial charge in [0.25, 0.3) is 0 Å². The molecule has 0 heterocycles. The van der Waals surface area contributed by atoms with E-state index in [9.17, 15) is 13.3 Å². The highest BCUT2D eigenvalue weighted by Crippen LogP contribution is 2.57. The second-order valence-corrected chi connectivity index (χ2v) is 7.16. The summed E-state index contributed by atoms with van der Waals surface area (Å²) in [6.07, 6.45) is 0. The fourth-order valence-corrected chi connectivity index (χ4v) is 4.27. The van der Waals surface area contributed by atoms with Crippen LogP contribution in [0.25, 0.3) is 0 Å². The second kappa shape index (κ2) is 4.66. The third-order valence-corrected chi connectivity index (χ3v) is 5.95. The van der Waals surface area contributed by atoms with E-state index in [1.54, 1.807) is 36.4 Å². The summed E-state index contributed by atoms with van der Waals surface area (Å²) in [6, 6.07) is 15.9. The number of rotatable bonds is 3. The van der Waals surface area contributed by atoms with Crippen molar-refractivity contribution < 1.29 is 13.3 Å². The van der Waals surface area contributed by atoms with Gasteiger partial charge in [0.1, 0.15) is 0 Å². The van der Waals surface area contributed by atoms with E-state index in [1.807, 2.05) is 0 Å². The van der Waals surface area contributed by atoms with Gasteiger partial charge in [0.15, 0.2) is 0 Å². The Labute approximate surface area is 105 Å². The van der Waals surface area contributed by atoms with Gasteiger partial charge in [-0.25, -0.2) is 0 Å². The first kappa shape index (κ1) is 13.0. The number of hydrogen-bond donors (Lipinski definition) is 0. The predicted molar refractivity (Wildman–Crippen MR) is 70.4 cm³/mol. The zero-order chi connectivity index (χ0) is 13.2. The first-order chi connectivity index (χ1) is 8.46. The van der Waals surface area contributed by atoms with Gasteiger partial charge in [0.05, 0.1) is 0 Å². The van der Waals surface area contributed by atoms with Crippen molar-refractivity contribution in [3.05, 3.63) is 60.7 Å². The second-order valence-electron chi connectivity index (χ2n) is 4.12. The topological polar surface area (TPSA) is 17.1 Å². The lowest BCUT2D eigenvalue weighted by Gasteiger charge is -2.25. The Morgan fingerprint density at radius 1 is 0.833 bits per heavy atom. The average Bonchev–Trinajstić information content (AvgIpc) is 2.38. The molecule has 0 N–H and O–H groups in total. The van der Waals surface area contributed by atoms with Crippen LogP contribution in [0, 0.1) is 0 Å². The lowest BCUT2D eigenvalue weighted by Crippen LogP contribution is -2.28. The molecule has 4 heteroatoms. The molecule has 94 valence electrons. The van der Waals surface area contributed by atoms with E-state index in [2.05, 4.69) is 0 Å². The summed E-state index contributed by atoms with van der Waals surface area (Å²) >= 11 is 0. The van der Waals surface area contributed by atoms with E-state index >= 15 is 0 Å². The Hall–Kier alpha value is -1.47. The van der Waals surface area contributed by atoms with Crippen molar-refractivity contribution in [1.29, 1.82) is 0 Å². The zero-order valence-electron chi connectivity index (χ0n) is 9.88. The summed E-state index contributed by atoms with van der Waals surface area (Å²) in [5, 5.41) is 0.368. The molecule has 0 atom stereocenters. The first-order valence-electron chi connectivity index (χ1n) is 5.55. The normalized spacial score (nSPS) is 12.4. The lowest BCUT2D eigenvalue weighted by atomic mass is 10.4. The molecule has 0 aliphatic carbocycles. The van der Waals surface area contributed by atoms with Gasteiger partial charge >= 0.3 is 5.66 Å². The minimum atomic E-state index is -3.94. The molecule has 18 heavy (non-hydrogen) atoms. The lowest BCUT2D eigenvalue weighted by molar-refractivity contribution is 0.115. The van der Waals surface area contributed by atoms with Crippen LogP contribution in [-0.4, -0.2) is 5.66 Å². The van der Waals surface area contributed by atoms with E-state index in [1.165, 1.54) is 24.3 Å². The maximum atomic E-state index is 13.9. The van der Waals surface area contributed by atoms with Gasteiger partial charge in [-0.15, -0.1) is 0 Å². The van der Waals surface area contributed by atoms with Crippen LogP contribution in [0.4, 0.5) is 8.78 Å². The van der Waals surface area contributed by atoms with Gasteiger partial charge in [0, 0.05) is 17.5 Å². The van der Waals surface area contributed by atoms with Crippen molar-refractivity contribution in [2.24, 2.45) is 0 Å². The maximum absolute atomic E-state index is 13.9. The summed E-state index contributed by atoms with van der Waals surface area (Å²) in [4.78, 5) is 0. The van der Waals surface area contributed by atoms with Crippen molar-refractivity contribution in [2.45, 2.75) is 12.6 Å². The Kier molecular flexibility index (Phi) is 3.36. The Morgan fingerprint density at radius 2 is 1.17 bits per heavy atom. The molecule has 0 unspecified atom stereocenters. The summed E-state index contributed by atoms with van der Waals surface area (Å²) in [5.41, 5.74) is -3.28. The third-order valence-electron chi connectivity index (χ3n) is 2.79. The number of benzene rings is 2. The molecular weight excluding hydrogens is 253 g/mol. The van der Waals surface area contributed by atoms with E-state index < -0.39 is 12.8 Å². The number of alkyl halides is 2. The van der Waals surface area contributed by atoms with Crippen molar-refractivity contribution in [1.82, 2.24) is 0 Å². The highest BCUT2D eigenvalue weighted by molar-refractivity contribution is 7.79. The van der Waals surface area contributed by atoms with Gasteiger partial charge in [-0.3, -0.25) is 0 Å². The molecule has 2 aromatic rings. The SMILES string of the molecule is CC(F)(F)P(=O)(c1ccccc1)c1ccccc1. The fraction of sp³-hybridized carbons (Fsp3) is 0.143. The van der Waals surface area contributed by atoms with Crippen molar-refractivity contribution in [2.75, 3.05) is 0 Å². The van der Waals surface area contributed by atoms with E-state index in [4.69, 9.17) is 0 Å². The van der Waals surface area contributed by atoms with Crippen molar-refractivity contribution >= 4 is 17.8 Å². The van der Waals surface area contributed by atoms with Gasteiger partial charge in [0.2, 0.25) is 7.14 Å². The van der Waals surface area contributed by atoms with Crippen LogP contribution in [0.1, 0.15) is 6.92 Å².